The fourth-order valence-corrected chi connectivity index (χ4v) is 5.88. The van der Waals surface area contributed by atoms with E-state index in [2.05, 4.69) is 24.5 Å². The summed E-state index contributed by atoms with van der Waals surface area (Å²) < 4.78 is 13.2. The SMILES string of the molecule is CC(C)c1ccc(NC(=O)Cn2c(=O)n(Cc3ccc4c(c3)OCO4)c(=O)c3ccc(C(=O)NC4CCCCC4)cc32)cc1. The Morgan fingerprint density at radius 3 is 2.39 bits per heavy atom. The first-order chi connectivity index (χ1) is 21.3. The van der Waals surface area contributed by atoms with Crippen LogP contribution in [0.1, 0.15) is 73.4 Å². The third kappa shape index (κ3) is 6.10. The van der Waals surface area contributed by atoms with Gasteiger partial charge in [0, 0.05) is 17.3 Å². The smallest absolute Gasteiger partial charge is 0.332 e. The van der Waals surface area contributed by atoms with Crippen LogP contribution in [0.5, 0.6) is 11.5 Å². The first-order valence-electron chi connectivity index (χ1n) is 15.1. The van der Waals surface area contributed by atoms with Gasteiger partial charge in [-0.3, -0.25) is 23.5 Å². The highest BCUT2D eigenvalue weighted by Crippen LogP contribution is 2.32. The molecule has 0 spiro atoms. The number of hydrogen-bond donors (Lipinski definition) is 2. The van der Waals surface area contributed by atoms with Gasteiger partial charge in [-0.15, -0.1) is 0 Å². The molecule has 1 aliphatic heterocycles. The number of aromatic nitrogens is 2. The molecule has 1 saturated carbocycles. The lowest BCUT2D eigenvalue weighted by molar-refractivity contribution is -0.116. The Labute approximate surface area is 254 Å². The largest absolute Gasteiger partial charge is 0.454 e. The second kappa shape index (κ2) is 12.4. The van der Waals surface area contributed by atoms with E-state index in [0.717, 1.165) is 42.2 Å². The Morgan fingerprint density at radius 1 is 0.886 bits per heavy atom. The maximum atomic E-state index is 13.9. The van der Waals surface area contributed by atoms with Crippen LogP contribution in [-0.4, -0.2) is 33.8 Å². The van der Waals surface area contributed by atoms with E-state index >= 15 is 0 Å². The number of nitrogens with one attached hydrogen (secondary N) is 2. The second-order valence-corrected chi connectivity index (χ2v) is 11.8. The van der Waals surface area contributed by atoms with Crippen molar-refractivity contribution in [1.82, 2.24) is 14.5 Å². The van der Waals surface area contributed by atoms with Crippen molar-refractivity contribution < 1.29 is 19.1 Å². The highest BCUT2D eigenvalue weighted by atomic mass is 16.7. The molecule has 2 heterocycles. The van der Waals surface area contributed by atoms with Crippen molar-refractivity contribution in [2.45, 2.75) is 71.0 Å². The predicted molar refractivity (Wildman–Crippen MR) is 168 cm³/mol. The van der Waals surface area contributed by atoms with E-state index in [-0.39, 0.29) is 42.7 Å². The summed E-state index contributed by atoms with van der Waals surface area (Å²) in [5.41, 5.74) is 1.78. The number of nitrogens with zero attached hydrogens (tertiary/aromatic N) is 2. The molecule has 0 atom stereocenters. The van der Waals surface area contributed by atoms with E-state index in [9.17, 15) is 19.2 Å². The van der Waals surface area contributed by atoms with E-state index in [0.29, 0.717) is 34.2 Å². The standard InChI is InChI=1S/C34H36N4O6/c1-21(2)23-9-12-26(13-10-23)35-31(39)19-37-28-17-24(32(40)36-25-6-4-3-5-7-25)11-14-27(28)33(41)38(34(37)42)18-22-8-15-29-30(16-22)44-20-43-29/h8-17,21,25H,3-7,18-20H2,1-2H3,(H,35,39)(H,36,40). The quantitative estimate of drug-likeness (QED) is 0.303. The van der Waals surface area contributed by atoms with Crippen molar-refractivity contribution >= 4 is 28.4 Å². The van der Waals surface area contributed by atoms with Gasteiger partial charge in [-0.05, 0) is 72.4 Å². The molecule has 6 rings (SSSR count). The topological polar surface area (TPSA) is 121 Å². The number of ether oxygens (including phenoxy) is 2. The van der Waals surface area contributed by atoms with Gasteiger partial charge in [-0.1, -0.05) is 51.3 Å². The third-order valence-electron chi connectivity index (χ3n) is 8.37. The minimum Gasteiger partial charge on any atom is -0.454 e. The van der Waals surface area contributed by atoms with Crippen molar-refractivity contribution in [2.75, 3.05) is 12.1 Å². The average molecular weight is 597 g/mol. The Bertz CT molecular complexity index is 1830. The molecule has 10 heteroatoms. The van der Waals surface area contributed by atoms with E-state index in [4.69, 9.17) is 9.47 Å². The van der Waals surface area contributed by atoms with E-state index in [1.807, 2.05) is 24.3 Å². The van der Waals surface area contributed by atoms with E-state index in [1.165, 1.54) is 10.6 Å². The first-order valence-corrected chi connectivity index (χ1v) is 15.1. The van der Waals surface area contributed by atoms with Crippen LogP contribution >= 0.6 is 0 Å². The van der Waals surface area contributed by atoms with Crippen LogP contribution in [0.2, 0.25) is 0 Å². The number of rotatable bonds is 8. The molecule has 0 radical (unpaired) electrons. The molecular formula is C34H36N4O6. The minimum atomic E-state index is -0.657. The zero-order valence-electron chi connectivity index (χ0n) is 24.9. The normalized spacial score (nSPS) is 14.6. The Kier molecular flexibility index (Phi) is 8.23. The first kappa shape index (κ1) is 29.2. The molecule has 44 heavy (non-hydrogen) atoms. The highest BCUT2D eigenvalue weighted by Gasteiger charge is 2.21. The van der Waals surface area contributed by atoms with Crippen molar-refractivity contribution in [3.63, 3.8) is 0 Å². The molecule has 228 valence electrons. The maximum absolute atomic E-state index is 13.9. The molecule has 1 aliphatic carbocycles. The van der Waals surface area contributed by atoms with Crippen molar-refractivity contribution in [1.29, 1.82) is 0 Å². The number of carbonyl (C=O) groups is 2. The van der Waals surface area contributed by atoms with Crippen LogP contribution in [0.4, 0.5) is 5.69 Å². The van der Waals surface area contributed by atoms with Crippen LogP contribution in [0.15, 0.2) is 70.3 Å². The number of carbonyl (C=O) groups excluding carboxylic acids is 2. The highest BCUT2D eigenvalue weighted by molar-refractivity contribution is 5.98. The summed E-state index contributed by atoms with van der Waals surface area (Å²) in [5, 5.41) is 6.17. The van der Waals surface area contributed by atoms with Crippen LogP contribution in [0, 0.1) is 0 Å². The number of amides is 2. The summed E-state index contributed by atoms with van der Waals surface area (Å²) in [5.74, 6) is 0.773. The van der Waals surface area contributed by atoms with Crippen LogP contribution in [-0.2, 0) is 17.9 Å². The van der Waals surface area contributed by atoms with Crippen LogP contribution in [0.3, 0.4) is 0 Å². The van der Waals surface area contributed by atoms with Gasteiger partial charge in [0.15, 0.2) is 11.5 Å². The monoisotopic (exact) mass is 596 g/mol. The molecular weight excluding hydrogens is 560 g/mol. The van der Waals surface area contributed by atoms with Gasteiger partial charge in [-0.25, -0.2) is 4.79 Å². The van der Waals surface area contributed by atoms with Crippen LogP contribution < -0.4 is 31.4 Å². The van der Waals surface area contributed by atoms with Crippen molar-refractivity contribution in [3.05, 3.63) is 98.2 Å². The summed E-state index contributed by atoms with van der Waals surface area (Å²) >= 11 is 0. The number of hydrogen-bond acceptors (Lipinski definition) is 6. The molecule has 2 amide bonds. The number of anilines is 1. The van der Waals surface area contributed by atoms with Gasteiger partial charge in [-0.2, -0.15) is 0 Å². The Morgan fingerprint density at radius 2 is 1.64 bits per heavy atom. The van der Waals surface area contributed by atoms with Gasteiger partial charge in [0.05, 0.1) is 17.4 Å². The van der Waals surface area contributed by atoms with Gasteiger partial charge >= 0.3 is 5.69 Å². The summed E-state index contributed by atoms with van der Waals surface area (Å²) in [4.78, 5) is 54.1. The fraction of sp³-hybridized carbons (Fsp3) is 0.353. The molecule has 1 fully saturated rings. The lowest BCUT2D eigenvalue weighted by atomic mass is 9.95. The molecule has 0 bridgehead atoms. The number of fused-ring (bicyclic) bond motifs is 2. The second-order valence-electron chi connectivity index (χ2n) is 11.8. The van der Waals surface area contributed by atoms with Gasteiger partial charge in [0.1, 0.15) is 6.54 Å². The zero-order valence-corrected chi connectivity index (χ0v) is 24.9. The molecule has 0 saturated heterocycles. The Hall–Kier alpha value is -4.86. The molecule has 1 aromatic heterocycles. The summed E-state index contributed by atoms with van der Waals surface area (Å²) in [6.45, 7) is 3.90. The van der Waals surface area contributed by atoms with Gasteiger partial charge < -0.3 is 20.1 Å². The molecule has 4 aromatic rings. The summed E-state index contributed by atoms with van der Waals surface area (Å²) in [6, 6.07) is 17.6. The fourth-order valence-electron chi connectivity index (χ4n) is 5.88. The predicted octanol–water partition coefficient (Wildman–Crippen LogP) is 4.76. The molecule has 0 unspecified atom stereocenters. The molecule has 2 N–H and O–H groups in total. The number of benzene rings is 3. The molecule has 2 aliphatic rings. The molecule has 10 nitrogen and oxygen atoms in total. The Balaban J connectivity index is 1.36. The van der Waals surface area contributed by atoms with Crippen molar-refractivity contribution in [2.24, 2.45) is 0 Å². The lowest BCUT2D eigenvalue weighted by Crippen LogP contribution is -2.42. The van der Waals surface area contributed by atoms with E-state index in [1.54, 1.807) is 30.3 Å². The third-order valence-corrected chi connectivity index (χ3v) is 8.37. The summed E-state index contributed by atoms with van der Waals surface area (Å²) in [6.07, 6.45) is 5.15. The minimum absolute atomic E-state index is 0.0353. The zero-order chi connectivity index (χ0) is 30.8. The average Bonchev–Trinajstić information content (AvgIpc) is 3.50. The van der Waals surface area contributed by atoms with Gasteiger partial charge in [0.25, 0.3) is 11.5 Å². The van der Waals surface area contributed by atoms with E-state index < -0.39 is 17.2 Å². The lowest BCUT2D eigenvalue weighted by Gasteiger charge is -2.23. The molecule has 3 aromatic carbocycles. The maximum Gasteiger partial charge on any atom is 0.332 e. The van der Waals surface area contributed by atoms with Crippen molar-refractivity contribution in [3.8, 4) is 11.5 Å². The van der Waals surface area contributed by atoms with Gasteiger partial charge in [0.2, 0.25) is 12.7 Å². The van der Waals surface area contributed by atoms with Crippen LogP contribution in [0.25, 0.3) is 10.9 Å². The summed E-state index contributed by atoms with van der Waals surface area (Å²) in [7, 11) is 0.